The SMILES string of the molecule is CC1NC(CCSCC(=O)NCc2ccccc2)C(O)C(O)C1O. The molecule has 0 radical (unpaired) electrons. The second-order valence-electron chi connectivity index (χ2n) is 6.14. The normalized spacial score (nSPS) is 30.1. The first kappa shape index (κ1) is 19.2. The standard InChI is InChI=1S/C17H26N2O4S/c1-11-15(21)17(23)16(22)13(19-11)7-8-24-10-14(20)18-9-12-5-3-2-4-6-12/h2-6,11,13,15-17,19,21-23H,7-10H2,1H3,(H,18,20). The van der Waals surface area contributed by atoms with E-state index in [1.54, 1.807) is 6.92 Å². The van der Waals surface area contributed by atoms with E-state index in [0.29, 0.717) is 24.5 Å². The Balaban J connectivity index is 1.63. The fraction of sp³-hybridized carbons (Fsp3) is 0.588. The number of thioether (sulfide) groups is 1. The number of nitrogens with one attached hydrogen (secondary N) is 2. The Kier molecular flexibility index (Phi) is 7.51. The van der Waals surface area contributed by atoms with Crippen molar-refractivity contribution in [2.45, 2.75) is 50.3 Å². The Morgan fingerprint density at radius 2 is 1.88 bits per heavy atom. The Morgan fingerprint density at radius 3 is 2.58 bits per heavy atom. The van der Waals surface area contributed by atoms with Crippen LogP contribution < -0.4 is 10.6 Å². The quantitative estimate of drug-likeness (QED) is 0.437. The van der Waals surface area contributed by atoms with E-state index in [9.17, 15) is 20.1 Å². The van der Waals surface area contributed by atoms with Crippen molar-refractivity contribution in [1.82, 2.24) is 10.6 Å². The predicted octanol–water partition coefficient (Wildman–Crippen LogP) is -0.131. The van der Waals surface area contributed by atoms with Crippen LogP contribution in [0.15, 0.2) is 30.3 Å². The molecule has 0 bridgehead atoms. The lowest BCUT2D eigenvalue weighted by atomic mass is 9.90. The molecule has 1 aromatic carbocycles. The molecule has 1 aliphatic rings. The average Bonchev–Trinajstić information content (AvgIpc) is 2.60. The maximum atomic E-state index is 11.8. The number of amides is 1. The summed E-state index contributed by atoms with van der Waals surface area (Å²) >= 11 is 1.49. The fourth-order valence-corrected chi connectivity index (χ4v) is 3.60. The van der Waals surface area contributed by atoms with E-state index in [-0.39, 0.29) is 18.0 Å². The largest absolute Gasteiger partial charge is 0.389 e. The topological polar surface area (TPSA) is 102 Å². The summed E-state index contributed by atoms with van der Waals surface area (Å²) in [6.07, 6.45) is -2.48. The molecular formula is C17H26N2O4S. The van der Waals surface area contributed by atoms with E-state index in [4.69, 9.17) is 0 Å². The summed E-state index contributed by atoms with van der Waals surface area (Å²) in [6.45, 7) is 2.29. The van der Waals surface area contributed by atoms with Crippen LogP contribution in [-0.2, 0) is 11.3 Å². The van der Waals surface area contributed by atoms with Crippen molar-refractivity contribution in [2.24, 2.45) is 0 Å². The first-order valence-corrected chi connectivity index (χ1v) is 9.33. The van der Waals surface area contributed by atoms with Crippen LogP contribution in [0, 0.1) is 0 Å². The fourth-order valence-electron chi connectivity index (χ4n) is 2.75. The molecular weight excluding hydrogens is 328 g/mol. The second-order valence-corrected chi connectivity index (χ2v) is 7.24. The van der Waals surface area contributed by atoms with Crippen LogP contribution in [0.5, 0.6) is 0 Å². The van der Waals surface area contributed by atoms with Gasteiger partial charge in [0.25, 0.3) is 0 Å². The molecule has 0 aliphatic carbocycles. The molecule has 24 heavy (non-hydrogen) atoms. The molecule has 7 heteroatoms. The third kappa shape index (κ3) is 5.46. The van der Waals surface area contributed by atoms with Gasteiger partial charge < -0.3 is 26.0 Å². The van der Waals surface area contributed by atoms with Gasteiger partial charge in [-0.15, -0.1) is 0 Å². The highest BCUT2D eigenvalue weighted by Gasteiger charge is 2.39. The molecule has 6 nitrogen and oxygen atoms in total. The zero-order valence-electron chi connectivity index (χ0n) is 13.8. The van der Waals surface area contributed by atoms with E-state index in [2.05, 4.69) is 10.6 Å². The van der Waals surface area contributed by atoms with Crippen molar-refractivity contribution in [1.29, 1.82) is 0 Å². The number of hydrogen-bond acceptors (Lipinski definition) is 6. The summed E-state index contributed by atoms with van der Waals surface area (Å²) in [6, 6.07) is 9.18. The van der Waals surface area contributed by atoms with Gasteiger partial charge in [0.15, 0.2) is 0 Å². The maximum absolute atomic E-state index is 11.8. The number of rotatable bonds is 7. The van der Waals surface area contributed by atoms with E-state index in [1.165, 1.54) is 11.8 Å². The van der Waals surface area contributed by atoms with Crippen molar-refractivity contribution in [3.63, 3.8) is 0 Å². The zero-order valence-corrected chi connectivity index (χ0v) is 14.6. The van der Waals surface area contributed by atoms with Crippen LogP contribution in [0.4, 0.5) is 0 Å². The lowest BCUT2D eigenvalue weighted by Crippen LogP contribution is -2.63. The van der Waals surface area contributed by atoms with Crippen LogP contribution in [0.25, 0.3) is 0 Å². The molecule has 0 spiro atoms. The molecule has 1 amide bonds. The third-order valence-corrected chi connectivity index (χ3v) is 5.23. The lowest BCUT2D eigenvalue weighted by molar-refractivity contribution is -0.118. The second kappa shape index (κ2) is 9.39. The van der Waals surface area contributed by atoms with Gasteiger partial charge in [0.2, 0.25) is 5.91 Å². The van der Waals surface area contributed by atoms with E-state index in [0.717, 1.165) is 5.56 Å². The molecule has 1 aromatic rings. The van der Waals surface area contributed by atoms with Gasteiger partial charge in [0.1, 0.15) is 6.10 Å². The summed E-state index contributed by atoms with van der Waals surface area (Å²) in [7, 11) is 0. The molecule has 2 rings (SSSR count). The van der Waals surface area contributed by atoms with Gasteiger partial charge in [-0.3, -0.25) is 4.79 Å². The average molecular weight is 354 g/mol. The van der Waals surface area contributed by atoms with Gasteiger partial charge in [-0.05, 0) is 24.7 Å². The highest BCUT2D eigenvalue weighted by Crippen LogP contribution is 2.19. The van der Waals surface area contributed by atoms with Crippen molar-refractivity contribution in [3.8, 4) is 0 Å². The van der Waals surface area contributed by atoms with E-state index >= 15 is 0 Å². The van der Waals surface area contributed by atoms with Gasteiger partial charge in [0, 0.05) is 18.6 Å². The molecule has 5 atom stereocenters. The summed E-state index contributed by atoms with van der Waals surface area (Å²) in [5, 5.41) is 35.5. The number of hydrogen-bond donors (Lipinski definition) is 5. The smallest absolute Gasteiger partial charge is 0.230 e. The third-order valence-electron chi connectivity index (χ3n) is 4.24. The van der Waals surface area contributed by atoms with Crippen molar-refractivity contribution < 1.29 is 20.1 Å². The number of aliphatic hydroxyl groups excluding tert-OH is 3. The highest BCUT2D eigenvalue weighted by atomic mass is 32.2. The Hall–Kier alpha value is -1.12. The van der Waals surface area contributed by atoms with Gasteiger partial charge in [0.05, 0.1) is 18.0 Å². The zero-order chi connectivity index (χ0) is 17.5. The first-order valence-electron chi connectivity index (χ1n) is 8.17. The Morgan fingerprint density at radius 1 is 1.17 bits per heavy atom. The number of carbonyl (C=O) groups is 1. The first-order chi connectivity index (χ1) is 11.5. The van der Waals surface area contributed by atoms with Gasteiger partial charge >= 0.3 is 0 Å². The molecule has 1 fully saturated rings. The summed E-state index contributed by atoms with van der Waals surface area (Å²) in [5.74, 6) is 1.02. The monoisotopic (exact) mass is 354 g/mol. The molecule has 0 saturated carbocycles. The van der Waals surface area contributed by atoms with Crippen LogP contribution in [-0.4, -0.2) is 63.1 Å². The molecule has 5 N–H and O–H groups in total. The number of carbonyl (C=O) groups excluding carboxylic acids is 1. The van der Waals surface area contributed by atoms with Gasteiger partial charge in [-0.2, -0.15) is 11.8 Å². The van der Waals surface area contributed by atoms with Crippen molar-refractivity contribution in [3.05, 3.63) is 35.9 Å². The van der Waals surface area contributed by atoms with Crippen molar-refractivity contribution >= 4 is 17.7 Å². The lowest BCUT2D eigenvalue weighted by Gasteiger charge is -2.40. The maximum Gasteiger partial charge on any atom is 0.230 e. The molecule has 134 valence electrons. The van der Waals surface area contributed by atoms with Crippen molar-refractivity contribution in [2.75, 3.05) is 11.5 Å². The molecule has 1 saturated heterocycles. The number of benzene rings is 1. The highest BCUT2D eigenvalue weighted by molar-refractivity contribution is 7.99. The summed E-state index contributed by atoms with van der Waals surface area (Å²) in [4.78, 5) is 11.8. The number of piperidine rings is 1. The predicted molar refractivity (Wildman–Crippen MR) is 94.6 cm³/mol. The minimum Gasteiger partial charge on any atom is -0.389 e. The Bertz CT molecular complexity index is 517. The van der Waals surface area contributed by atoms with Crippen LogP contribution in [0.2, 0.25) is 0 Å². The van der Waals surface area contributed by atoms with Crippen LogP contribution in [0.1, 0.15) is 18.9 Å². The minimum atomic E-state index is -1.13. The Labute approximate surface area is 146 Å². The molecule has 0 aromatic heterocycles. The van der Waals surface area contributed by atoms with E-state index < -0.39 is 18.3 Å². The summed E-state index contributed by atoms with van der Waals surface area (Å²) in [5.41, 5.74) is 1.06. The van der Waals surface area contributed by atoms with Gasteiger partial charge in [-0.25, -0.2) is 0 Å². The summed E-state index contributed by atoms with van der Waals surface area (Å²) < 4.78 is 0. The van der Waals surface area contributed by atoms with Crippen LogP contribution in [0.3, 0.4) is 0 Å². The molecule has 5 unspecified atom stereocenters. The van der Waals surface area contributed by atoms with Crippen LogP contribution >= 0.6 is 11.8 Å². The molecule has 1 aliphatic heterocycles. The van der Waals surface area contributed by atoms with Gasteiger partial charge in [-0.1, -0.05) is 30.3 Å². The minimum absolute atomic E-state index is 0.0233. The molecule has 1 heterocycles. The van der Waals surface area contributed by atoms with E-state index in [1.807, 2.05) is 30.3 Å². The number of aliphatic hydroxyl groups is 3.